The molecule has 1 aromatic heterocycles. The molecule has 0 saturated carbocycles. The second-order valence-corrected chi connectivity index (χ2v) is 4.83. The summed E-state index contributed by atoms with van der Waals surface area (Å²) in [6.45, 7) is -0.161. The summed E-state index contributed by atoms with van der Waals surface area (Å²) < 4.78 is 9.69. The molecule has 0 saturated heterocycles. The minimum atomic E-state index is -0.461. The quantitative estimate of drug-likeness (QED) is 0.374. The van der Waals surface area contributed by atoms with Crippen LogP contribution in [0.25, 0.3) is 0 Å². The van der Waals surface area contributed by atoms with Gasteiger partial charge in [-0.1, -0.05) is 11.6 Å². The van der Waals surface area contributed by atoms with Gasteiger partial charge in [0, 0.05) is 6.20 Å². The monoisotopic (exact) mass is 347 g/mol. The lowest BCUT2D eigenvalue weighted by atomic mass is 10.2. The van der Waals surface area contributed by atoms with Gasteiger partial charge >= 0.3 is 5.97 Å². The van der Waals surface area contributed by atoms with Gasteiger partial charge in [0.1, 0.15) is 10.9 Å². The van der Waals surface area contributed by atoms with E-state index in [-0.39, 0.29) is 17.3 Å². The van der Waals surface area contributed by atoms with Gasteiger partial charge in [0.2, 0.25) is 0 Å². The third kappa shape index (κ3) is 5.06. The maximum Gasteiger partial charge on any atom is 0.343 e. The number of ether oxygens (including phenoxy) is 2. The summed E-state index contributed by atoms with van der Waals surface area (Å²) in [6.07, 6.45) is 2.96. The largest absolute Gasteiger partial charge is 0.482 e. The van der Waals surface area contributed by atoms with E-state index in [2.05, 4.69) is 20.2 Å². The molecule has 2 rings (SSSR count). The highest BCUT2D eigenvalue weighted by molar-refractivity contribution is 6.32. The predicted octanol–water partition coefficient (Wildman–Crippen LogP) is 2.05. The molecular formula is C16H14ClN3O4. The average molecular weight is 348 g/mol. The van der Waals surface area contributed by atoms with E-state index in [0.717, 1.165) is 5.56 Å². The second kappa shape index (κ2) is 8.64. The van der Waals surface area contributed by atoms with Crippen molar-refractivity contribution in [2.45, 2.75) is 0 Å². The Bertz CT molecular complexity index is 747. The average Bonchev–Trinajstić information content (AvgIpc) is 2.61. The van der Waals surface area contributed by atoms with E-state index in [4.69, 9.17) is 16.3 Å². The number of hydrogen-bond donors (Lipinski definition) is 1. The number of methoxy groups -OCH3 is 1. The van der Waals surface area contributed by atoms with Gasteiger partial charge in [-0.05, 0) is 42.0 Å². The van der Waals surface area contributed by atoms with Crippen LogP contribution in [0.2, 0.25) is 5.15 Å². The Morgan fingerprint density at radius 1 is 1.29 bits per heavy atom. The molecule has 24 heavy (non-hydrogen) atoms. The first-order chi connectivity index (χ1) is 11.6. The Morgan fingerprint density at radius 3 is 2.71 bits per heavy atom. The molecule has 0 radical (unpaired) electrons. The number of nitrogens with one attached hydrogen (secondary N) is 1. The molecule has 7 nitrogen and oxygen atoms in total. The molecule has 0 aliphatic heterocycles. The molecular weight excluding hydrogens is 334 g/mol. The SMILES string of the molecule is COC(=O)COc1ccc(C=NNC(=O)c2cccnc2Cl)cc1. The maximum absolute atomic E-state index is 11.9. The fourth-order valence-corrected chi connectivity index (χ4v) is 1.84. The van der Waals surface area contributed by atoms with Gasteiger partial charge in [-0.2, -0.15) is 5.10 Å². The molecule has 1 amide bonds. The number of pyridine rings is 1. The van der Waals surface area contributed by atoms with Crippen molar-refractivity contribution in [2.75, 3.05) is 13.7 Å². The Balaban J connectivity index is 1.89. The number of benzene rings is 1. The molecule has 0 aliphatic carbocycles. The van der Waals surface area contributed by atoms with Crippen molar-refractivity contribution in [3.63, 3.8) is 0 Å². The lowest BCUT2D eigenvalue weighted by molar-refractivity contribution is -0.142. The summed E-state index contributed by atoms with van der Waals surface area (Å²) in [7, 11) is 1.29. The highest BCUT2D eigenvalue weighted by atomic mass is 35.5. The van der Waals surface area contributed by atoms with Crippen LogP contribution in [-0.2, 0) is 9.53 Å². The van der Waals surface area contributed by atoms with E-state index < -0.39 is 11.9 Å². The van der Waals surface area contributed by atoms with E-state index in [9.17, 15) is 9.59 Å². The van der Waals surface area contributed by atoms with Gasteiger partial charge in [-0.25, -0.2) is 15.2 Å². The van der Waals surface area contributed by atoms with Crippen molar-refractivity contribution in [3.05, 3.63) is 58.9 Å². The highest BCUT2D eigenvalue weighted by Gasteiger charge is 2.09. The number of hydrazone groups is 1. The summed E-state index contributed by atoms with van der Waals surface area (Å²) in [5, 5.41) is 3.96. The first-order valence-corrected chi connectivity index (χ1v) is 7.21. The van der Waals surface area contributed by atoms with Gasteiger partial charge < -0.3 is 9.47 Å². The molecule has 8 heteroatoms. The molecule has 124 valence electrons. The zero-order chi connectivity index (χ0) is 17.4. The molecule has 2 aromatic rings. The topological polar surface area (TPSA) is 89.9 Å². The normalized spacial score (nSPS) is 10.4. The summed E-state index contributed by atoms with van der Waals surface area (Å²) in [5.41, 5.74) is 3.34. The lowest BCUT2D eigenvalue weighted by Crippen LogP contribution is -2.18. The fraction of sp³-hybridized carbons (Fsp3) is 0.125. The molecule has 0 spiro atoms. The van der Waals surface area contributed by atoms with Crippen molar-refractivity contribution in [1.82, 2.24) is 10.4 Å². The molecule has 1 heterocycles. The first kappa shape index (κ1) is 17.4. The fourth-order valence-electron chi connectivity index (χ4n) is 1.63. The van der Waals surface area contributed by atoms with Crippen LogP contribution in [0, 0.1) is 0 Å². The second-order valence-electron chi connectivity index (χ2n) is 4.47. The van der Waals surface area contributed by atoms with Gasteiger partial charge in [0.05, 0.1) is 18.9 Å². The lowest BCUT2D eigenvalue weighted by Gasteiger charge is -2.04. The number of carbonyl (C=O) groups excluding carboxylic acids is 2. The van der Waals surface area contributed by atoms with Crippen LogP contribution in [0.15, 0.2) is 47.7 Å². The Morgan fingerprint density at radius 2 is 2.04 bits per heavy atom. The molecule has 0 aliphatic rings. The van der Waals surface area contributed by atoms with E-state index in [1.807, 2.05) is 0 Å². The first-order valence-electron chi connectivity index (χ1n) is 6.83. The van der Waals surface area contributed by atoms with Crippen molar-refractivity contribution in [1.29, 1.82) is 0 Å². The third-order valence-corrected chi connectivity index (χ3v) is 3.15. The van der Waals surface area contributed by atoms with E-state index >= 15 is 0 Å². The summed E-state index contributed by atoms with van der Waals surface area (Å²) in [4.78, 5) is 26.7. The van der Waals surface area contributed by atoms with Crippen molar-refractivity contribution in [2.24, 2.45) is 5.10 Å². The van der Waals surface area contributed by atoms with Crippen molar-refractivity contribution in [3.8, 4) is 5.75 Å². The number of halogens is 1. The minimum Gasteiger partial charge on any atom is -0.482 e. The van der Waals surface area contributed by atoms with Crippen LogP contribution in [-0.4, -0.2) is 36.8 Å². The Labute approximate surface area is 143 Å². The van der Waals surface area contributed by atoms with Crippen LogP contribution >= 0.6 is 11.6 Å². The minimum absolute atomic E-state index is 0.109. The van der Waals surface area contributed by atoms with E-state index in [1.54, 1.807) is 36.4 Å². The molecule has 0 unspecified atom stereocenters. The summed E-state index contributed by atoms with van der Waals surface area (Å²) in [5.74, 6) is -0.400. The summed E-state index contributed by atoms with van der Waals surface area (Å²) in [6, 6.07) is 9.94. The smallest absolute Gasteiger partial charge is 0.343 e. The van der Waals surface area contributed by atoms with Crippen LogP contribution in [0.1, 0.15) is 15.9 Å². The molecule has 0 atom stereocenters. The standard InChI is InChI=1S/C16H14ClN3O4/c1-23-14(21)10-24-12-6-4-11(5-7-12)9-19-20-16(22)13-3-2-8-18-15(13)17/h2-9H,10H2,1H3,(H,20,22). The number of nitrogens with zero attached hydrogens (tertiary/aromatic N) is 2. The summed E-state index contributed by atoms with van der Waals surface area (Å²) >= 11 is 5.82. The van der Waals surface area contributed by atoms with E-state index in [1.165, 1.54) is 19.5 Å². The number of carbonyl (C=O) groups is 2. The van der Waals surface area contributed by atoms with Crippen LogP contribution in [0.5, 0.6) is 5.75 Å². The number of esters is 1. The zero-order valence-electron chi connectivity index (χ0n) is 12.7. The molecule has 0 fully saturated rings. The third-order valence-electron chi connectivity index (χ3n) is 2.85. The molecule has 1 aromatic carbocycles. The maximum atomic E-state index is 11.9. The van der Waals surface area contributed by atoms with Crippen LogP contribution in [0.3, 0.4) is 0 Å². The molecule has 0 bridgehead atoms. The zero-order valence-corrected chi connectivity index (χ0v) is 13.5. The van der Waals surface area contributed by atoms with Crippen molar-refractivity contribution < 1.29 is 19.1 Å². The van der Waals surface area contributed by atoms with Gasteiger partial charge in [-0.15, -0.1) is 0 Å². The highest BCUT2D eigenvalue weighted by Crippen LogP contribution is 2.12. The number of rotatable bonds is 6. The van der Waals surface area contributed by atoms with Gasteiger partial charge in [0.15, 0.2) is 6.61 Å². The number of aromatic nitrogens is 1. The van der Waals surface area contributed by atoms with Gasteiger partial charge in [0.25, 0.3) is 5.91 Å². The predicted molar refractivity (Wildman–Crippen MR) is 88.3 cm³/mol. The van der Waals surface area contributed by atoms with Crippen LogP contribution in [0.4, 0.5) is 0 Å². The Hall–Kier alpha value is -2.93. The number of amides is 1. The molecule has 1 N–H and O–H groups in total. The van der Waals surface area contributed by atoms with Crippen LogP contribution < -0.4 is 10.2 Å². The number of hydrogen-bond acceptors (Lipinski definition) is 6. The van der Waals surface area contributed by atoms with Crippen molar-refractivity contribution >= 4 is 29.7 Å². The van der Waals surface area contributed by atoms with Gasteiger partial charge in [-0.3, -0.25) is 4.79 Å². The van der Waals surface area contributed by atoms with E-state index in [0.29, 0.717) is 5.75 Å². The Kier molecular flexibility index (Phi) is 6.27.